The minimum Gasteiger partial charge on any atom is -0.466 e. The molecule has 1 aliphatic rings. The van der Waals surface area contributed by atoms with E-state index in [-0.39, 0.29) is 17.8 Å². The van der Waals surface area contributed by atoms with Gasteiger partial charge in [0.1, 0.15) is 5.82 Å². The molecule has 0 saturated heterocycles. The highest BCUT2D eigenvalue weighted by atomic mass is 16.5. The molecule has 2 atom stereocenters. The summed E-state index contributed by atoms with van der Waals surface area (Å²) in [5, 5.41) is 0. The number of hydrogen-bond donors (Lipinski definition) is 0. The van der Waals surface area contributed by atoms with Gasteiger partial charge in [-0.3, -0.25) is 4.79 Å². The van der Waals surface area contributed by atoms with Crippen LogP contribution in [-0.4, -0.2) is 22.5 Å². The number of rotatable bonds is 3. The Kier molecular flexibility index (Phi) is 2.66. The van der Waals surface area contributed by atoms with Crippen molar-refractivity contribution in [2.24, 2.45) is 5.92 Å². The number of aryl methyl sites for hydroxylation is 1. The molecule has 1 aliphatic carbocycles. The summed E-state index contributed by atoms with van der Waals surface area (Å²) in [6, 6.07) is 1.85. The van der Waals surface area contributed by atoms with Gasteiger partial charge in [-0.15, -0.1) is 0 Å². The molecule has 0 radical (unpaired) electrons. The lowest BCUT2D eigenvalue weighted by molar-refractivity contribution is -0.144. The van der Waals surface area contributed by atoms with Gasteiger partial charge in [0.2, 0.25) is 0 Å². The summed E-state index contributed by atoms with van der Waals surface area (Å²) < 4.78 is 4.95. The van der Waals surface area contributed by atoms with Gasteiger partial charge in [-0.2, -0.15) is 0 Å². The highest BCUT2D eigenvalue weighted by Crippen LogP contribution is 2.46. The molecule has 0 aliphatic heterocycles. The third-order valence-electron chi connectivity index (χ3n) is 2.52. The number of nitrogens with zero attached hydrogens (tertiary/aromatic N) is 2. The number of carbonyl (C=O) groups is 1. The van der Waals surface area contributed by atoms with Crippen LogP contribution in [0.15, 0.2) is 12.3 Å². The van der Waals surface area contributed by atoms with Crippen molar-refractivity contribution in [3.8, 4) is 0 Å². The second-order valence-corrected chi connectivity index (χ2v) is 3.76. The van der Waals surface area contributed by atoms with Crippen molar-refractivity contribution in [2.45, 2.75) is 26.2 Å². The van der Waals surface area contributed by atoms with Gasteiger partial charge in [0.05, 0.1) is 12.5 Å². The van der Waals surface area contributed by atoms with Gasteiger partial charge >= 0.3 is 5.97 Å². The Bertz CT molecular complexity index is 379. The molecule has 1 aromatic rings. The van der Waals surface area contributed by atoms with E-state index in [2.05, 4.69) is 9.97 Å². The first-order valence-corrected chi connectivity index (χ1v) is 5.18. The highest BCUT2D eigenvalue weighted by Gasteiger charge is 2.47. The maximum absolute atomic E-state index is 11.4. The number of carbonyl (C=O) groups excluding carboxylic acids is 1. The minimum absolute atomic E-state index is 0.0215. The standard InChI is InChI=1S/C11H14N2O2/c1-3-15-11(14)9-6-8(9)10-12-5-4-7(2)13-10/h4-5,8-9H,3,6H2,1-2H3/t8?,9-/m0/s1. The molecule has 1 unspecified atom stereocenters. The second-order valence-electron chi connectivity index (χ2n) is 3.76. The molecular formula is C11H14N2O2. The molecular weight excluding hydrogens is 192 g/mol. The van der Waals surface area contributed by atoms with Gasteiger partial charge in [0, 0.05) is 17.8 Å². The number of ether oxygens (including phenoxy) is 1. The lowest BCUT2D eigenvalue weighted by Gasteiger charge is -2.00. The van der Waals surface area contributed by atoms with Crippen LogP contribution in [-0.2, 0) is 9.53 Å². The fraction of sp³-hybridized carbons (Fsp3) is 0.545. The summed E-state index contributed by atoms with van der Waals surface area (Å²) in [4.78, 5) is 19.9. The van der Waals surface area contributed by atoms with Crippen LogP contribution in [0, 0.1) is 12.8 Å². The first-order valence-electron chi connectivity index (χ1n) is 5.18. The third-order valence-corrected chi connectivity index (χ3v) is 2.52. The quantitative estimate of drug-likeness (QED) is 0.702. The first-order chi connectivity index (χ1) is 7.22. The molecule has 1 aromatic heterocycles. The summed E-state index contributed by atoms with van der Waals surface area (Å²) in [5.74, 6) is 0.802. The van der Waals surface area contributed by atoms with E-state index in [0.29, 0.717) is 6.61 Å². The zero-order valence-electron chi connectivity index (χ0n) is 8.93. The van der Waals surface area contributed by atoms with Gasteiger partial charge in [-0.25, -0.2) is 9.97 Å². The topological polar surface area (TPSA) is 52.1 Å². The highest BCUT2D eigenvalue weighted by molar-refractivity contribution is 5.77. The summed E-state index contributed by atoms with van der Waals surface area (Å²) in [5.41, 5.74) is 0.939. The minimum atomic E-state index is -0.118. The average molecular weight is 206 g/mol. The lowest BCUT2D eigenvalue weighted by Crippen LogP contribution is -2.08. The summed E-state index contributed by atoms with van der Waals surface area (Å²) in [6.07, 6.45) is 2.56. The van der Waals surface area contributed by atoms with Crippen LogP contribution in [0.1, 0.15) is 30.8 Å². The van der Waals surface area contributed by atoms with Gasteiger partial charge in [-0.05, 0) is 26.3 Å². The van der Waals surface area contributed by atoms with Crippen molar-refractivity contribution < 1.29 is 9.53 Å². The van der Waals surface area contributed by atoms with Crippen LogP contribution in [0.5, 0.6) is 0 Å². The van der Waals surface area contributed by atoms with E-state index in [4.69, 9.17) is 4.74 Å². The van der Waals surface area contributed by atoms with Crippen molar-refractivity contribution in [3.63, 3.8) is 0 Å². The van der Waals surface area contributed by atoms with Crippen LogP contribution >= 0.6 is 0 Å². The van der Waals surface area contributed by atoms with Crippen LogP contribution in [0.3, 0.4) is 0 Å². The molecule has 80 valence electrons. The fourth-order valence-corrected chi connectivity index (χ4v) is 1.64. The van der Waals surface area contributed by atoms with E-state index in [1.807, 2.05) is 19.9 Å². The fourth-order valence-electron chi connectivity index (χ4n) is 1.64. The Labute approximate surface area is 88.7 Å². The predicted octanol–water partition coefficient (Wildman–Crippen LogP) is 1.45. The monoisotopic (exact) mass is 206 g/mol. The molecule has 0 aromatic carbocycles. The second kappa shape index (κ2) is 3.96. The van der Waals surface area contributed by atoms with Crippen molar-refractivity contribution >= 4 is 5.97 Å². The smallest absolute Gasteiger partial charge is 0.309 e. The zero-order chi connectivity index (χ0) is 10.8. The Balaban J connectivity index is 2.01. The average Bonchev–Trinajstić information content (AvgIpc) is 2.97. The Morgan fingerprint density at radius 1 is 1.67 bits per heavy atom. The van der Waals surface area contributed by atoms with E-state index in [1.165, 1.54) is 0 Å². The maximum atomic E-state index is 11.4. The van der Waals surface area contributed by atoms with E-state index < -0.39 is 0 Å². The van der Waals surface area contributed by atoms with Gasteiger partial charge < -0.3 is 4.74 Å². The van der Waals surface area contributed by atoms with E-state index in [9.17, 15) is 4.79 Å². The van der Waals surface area contributed by atoms with Crippen molar-refractivity contribution in [2.75, 3.05) is 6.61 Å². The van der Waals surface area contributed by atoms with Crippen molar-refractivity contribution in [3.05, 3.63) is 23.8 Å². The molecule has 1 heterocycles. The summed E-state index contributed by atoms with van der Waals surface area (Å²) in [7, 11) is 0. The molecule has 1 fully saturated rings. The van der Waals surface area contributed by atoms with Crippen LogP contribution in [0.2, 0.25) is 0 Å². The Morgan fingerprint density at radius 3 is 3.13 bits per heavy atom. The van der Waals surface area contributed by atoms with Crippen molar-refractivity contribution in [1.29, 1.82) is 0 Å². The molecule has 4 heteroatoms. The maximum Gasteiger partial charge on any atom is 0.309 e. The SMILES string of the molecule is CCOC(=O)[C@H]1CC1c1nccc(C)n1. The first kappa shape index (κ1) is 10.1. The van der Waals surface area contributed by atoms with E-state index >= 15 is 0 Å². The normalized spacial score (nSPS) is 23.6. The van der Waals surface area contributed by atoms with Gasteiger partial charge in [0.15, 0.2) is 0 Å². The van der Waals surface area contributed by atoms with E-state index in [0.717, 1.165) is 17.9 Å². The number of hydrogen-bond acceptors (Lipinski definition) is 4. The molecule has 0 amide bonds. The van der Waals surface area contributed by atoms with Gasteiger partial charge in [0.25, 0.3) is 0 Å². The predicted molar refractivity (Wildman–Crippen MR) is 54.3 cm³/mol. The van der Waals surface area contributed by atoms with Crippen molar-refractivity contribution in [1.82, 2.24) is 9.97 Å². The Morgan fingerprint density at radius 2 is 2.47 bits per heavy atom. The Hall–Kier alpha value is -1.45. The van der Waals surface area contributed by atoms with Crippen LogP contribution < -0.4 is 0 Å². The van der Waals surface area contributed by atoms with E-state index in [1.54, 1.807) is 6.20 Å². The van der Waals surface area contributed by atoms with Crippen LogP contribution in [0.25, 0.3) is 0 Å². The van der Waals surface area contributed by atoms with Crippen LogP contribution in [0.4, 0.5) is 0 Å². The zero-order valence-corrected chi connectivity index (χ0v) is 8.93. The molecule has 0 spiro atoms. The summed E-state index contributed by atoms with van der Waals surface area (Å²) in [6.45, 7) is 4.18. The molecule has 1 saturated carbocycles. The molecule has 0 N–H and O–H groups in total. The van der Waals surface area contributed by atoms with Gasteiger partial charge in [-0.1, -0.05) is 0 Å². The third kappa shape index (κ3) is 2.14. The molecule has 15 heavy (non-hydrogen) atoms. The number of aromatic nitrogens is 2. The molecule has 4 nitrogen and oxygen atoms in total. The number of esters is 1. The molecule has 0 bridgehead atoms. The largest absolute Gasteiger partial charge is 0.466 e. The summed E-state index contributed by atoms with van der Waals surface area (Å²) >= 11 is 0. The lowest BCUT2D eigenvalue weighted by atomic mass is 10.3. The molecule has 2 rings (SSSR count).